The average molecular weight is 267 g/mol. The van der Waals surface area contributed by atoms with Crippen molar-refractivity contribution in [1.29, 1.82) is 0 Å². The van der Waals surface area contributed by atoms with Crippen LogP contribution in [0.1, 0.15) is 11.1 Å². The number of hydrogen-bond acceptors (Lipinski definition) is 4. The van der Waals surface area contributed by atoms with Gasteiger partial charge in [0.05, 0.1) is 5.75 Å². The molecule has 1 aromatic carbocycles. The molecule has 5 heteroatoms. The highest BCUT2D eigenvalue weighted by atomic mass is 32.2. The predicted octanol–water partition coefficient (Wildman–Crippen LogP) is 2.18. The zero-order valence-electron chi connectivity index (χ0n) is 9.17. The molecular weight excluding hydrogens is 254 g/mol. The molecule has 0 aliphatic carbocycles. The minimum Gasteiger partial charge on any atom is -0.326 e. The molecule has 0 saturated heterocycles. The van der Waals surface area contributed by atoms with Crippen LogP contribution in [0.25, 0.3) is 0 Å². The molecule has 0 aliphatic rings. The fraction of sp³-hybridized carbons (Fsp3) is 0.167. The largest absolute Gasteiger partial charge is 0.326 e. The molecule has 0 amide bonds. The summed E-state index contributed by atoms with van der Waals surface area (Å²) >= 11 is 1.24. The molecule has 0 radical (unpaired) electrons. The second-order valence-corrected chi connectivity index (χ2v) is 6.83. The lowest BCUT2D eigenvalue weighted by Gasteiger charge is -2.07. The maximum Gasteiger partial charge on any atom is 0.191 e. The molecular formula is C12H13NO2S2. The fourth-order valence-corrected chi connectivity index (χ4v) is 4.11. The van der Waals surface area contributed by atoms with Gasteiger partial charge in [0.2, 0.25) is 0 Å². The number of hydrogen-bond donors (Lipinski definition) is 1. The number of nitrogens with two attached hydrogens (primary N) is 1. The van der Waals surface area contributed by atoms with E-state index in [1.54, 1.807) is 17.5 Å². The minimum absolute atomic E-state index is 0.0148. The van der Waals surface area contributed by atoms with Crippen molar-refractivity contribution in [3.63, 3.8) is 0 Å². The lowest BCUT2D eigenvalue weighted by Crippen LogP contribution is -2.07. The van der Waals surface area contributed by atoms with Crippen LogP contribution in [-0.4, -0.2) is 8.42 Å². The van der Waals surface area contributed by atoms with E-state index in [4.69, 9.17) is 5.73 Å². The van der Waals surface area contributed by atoms with E-state index in [1.165, 1.54) is 11.3 Å². The van der Waals surface area contributed by atoms with E-state index in [0.717, 1.165) is 11.1 Å². The summed E-state index contributed by atoms with van der Waals surface area (Å²) in [5.74, 6) is 0.0148. The summed E-state index contributed by atoms with van der Waals surface area (Å²) in [5, 5.41) is 1.77. The third-order valence-electron chi connectivity index (χ3n) is 2.49. The van der Waals surface area contributed by atoms with Crippen LogP contribution in [-0.2, 0) is 22.1 Å². The SMILES string of the molecule is NCc1ccccc1CS(=O)(=O)c1cccs1. The fourth-order valence-electron chi connectivity index (χ4n) is 1.61. The van der Waals surface area contributed by atoms with Gasteiger partial charge < -0.3 is 5.73 Å². The summed E-state index contributed by atoms with van der Waals surface area (Å²) in [7, 11) is -3.24. The second kappa shape index (κ2) is 5.00. The van der Waals surface area contributed by atoms with Gasteiger partial charge in [0, 0.05) is 6.54 Å². The summed E-state index contributed by atoms with van der Waals surface area (Å²) in [6.45, 7) is 0.357. The van der Waals surface area contributed by atoms with Crippen molar-refractivity contribution in [2.45, 2.75) is 16.5 Å². The highest BCUT2D eigenvalue weighted by molar-refractivity contribution is 7.92. The molecule has 90 valence electrons. The maximum absolute atomic E-state index is 12.1. The van der Waals surface area contributed by atoms with Crippen molar-refractivity contribution < 1.29 is 8.42 Å². The van der Waals surface area contributed by atoms with Crippen LogP contribution in [0.3, 0.4) is 0 Å². The van der Waals surface area contributed by atoms with Gasteiger partial charge in [-0.1, -0.05) is 30.3 Å². The van der Waals surface area contributed by atoms with Crippen LogP contribution in [0.2, 0.25) is 0 Å². The lowest BCUT2D eigenvalue weighted by molar-refractivity contribution is 0.597. The van der Waals surface area contributed by atoms with Gasteiger partial charge >= 0.3 is 0 Å². The Morgan fingerprint density at radius 1 is 1.06 bits per heavy atom. The number of sulfone groups is 1. The molecule has 0 fully saturated rings. The van der Waals surface area contributed by atoms with Crippen LogP contribution in [0.15, 0.2) is 46.0 Å². The van der Waals surface area contributed by atoms with Gasteiger partial charge in [-0.25, -0.2) is 8.42 Å². The Bertz CT molecular complexity index is 589. The van der Waals surface area contributed by atoms with E-state index in [-0.39, 0.29) is 5.75 Å². The second-order valence-electron chi connectivity index (χ2n) is 3.66. The Hall–Kier alpha value is -1.17. The number of thiophene rings is 1. The number of rotatable bonds is 4. The van der Waals surface area contributed by atoms with E-state index < -0.39 is 9.84 Å². The Morgan fingerprint density at radius 2 is 1.76 bits per heavy atom. The van der Waals surface area contributed by atoms with E-state index in [2.05, 4.69) is 0 Å². The van der Waals surface area contributed by atoms with Gasteiger partial charge in [0.15, 0.2) is 9.84 Å². The van der Waals surface area contributed by atoms with Gasteiger partial charge in [-0.2, -0.15) is 0 Å². The molecule has 2 N–H and O–H groups in total. The lowest BCUT2D eigenvalue weighted by atomic mass is 10.1. The van der Waals surface area contributed by atoms with Crippen molar-refractivity contribution in [3.05, 3.63) is 52.9 Å². The molecule has 0 bridgehead atoms. The van der Waals surface area contributed by atoms with E-state index in [1.807, 2.05) is 24.3 Å². The zero-order valence-corrected chi connectivity index (χ0v) is 10.8. The monoisotopic (exact) mass is 267 g/mol. The zero-order chi connectivity index (χ0) is 12.3. The van der Waals surface area contributed by atoms with Crippen molar-refractivity contribution in [1.82, 2.24) is 0 Å². The summed E-state index contributed by atoms with van der Waals surface area (Å²) in [6.07, 6.45) is 0. The molecule has 0 aliphatic heterocycles. The van der Waals surface area contributed by atoms with Crippen molar-refractivity contribution in [3.8, 4) is 0 Å². The number of benzene rings is 1. The molecule has 1 aromatic heterocycles. The Balaban J connectivity index is 2.33. The van der Waals surface area contributed by atoms with E-state index >= 15 is 0 Å². The summed E-state index contributed by atoms with van der Waals surface area (Å²) in [6, 6.07) is 10.7. The minimum atomic E-state index is -3.24. The summed E-state index contributed by atoms with van der Waals surface area (Å²) < 4.78 is 24.6. The first kappa shape index (κ1) is 12.3. The summed E-state index contributed by atoms with van der Waals surface area (Å²) in [5.41, 5.74) is 7.26. The Kier molecular flexibility index (Phi) is 3.61. The smallest absolute Gasteiger partial charge is 0.191 e. The molecule has 3 nitrogen and oxygen atoms in total. The van der Waals surface area contributed by atoms with Crippen LogP contribution in [0.4, 0.5) is 0 Å². The predicted molar refractivity (Wildman–Crippen MR) is 69.5 cm³/mol. The van der Waals surface area contributed by atoms with Gasteiger partial charge in [-0.15, -0.1) is 11.3 Å². The molecule has 0 atom stereocenters. The molecule has 1 heterocycles. The van der Waals surface area contributed by atoms with Crippen LogP contribution in [0, 0.1) is 0 Å². The van der Waals surface area contributed by atoms with Crippen LogP contribution < -0.4 is 5.73 Å². The molecule has 17 heavy (non-hydrogen) atoms. The first-order valence-corrected chi connectivity index (χ1v) is 7.70. The van der Waals surface area contributed by atoms with Gasteiger partial charge in [-0.05, 0) is 22.6 Å². The molecule has 0 saturated carbocycles. The van der Waals surface area contributed by atoms with Crippen molar-refractivity contribution in [2.24, 2.45) is 5.73 Å². The van der Waals surface area contributed by atoms with Crippen molar-refractivity contribution >= 4 is 21.2 Å². The topological polar surface area (TPSA) is 60.2 Å². The van der Waals surface area contributed by atoms with Gasteiger partial charge in [0.1, 0.15) is 4.21 Å². The molecule has 0 spiro atoms. The van der Waals surface area contributed by atoms with Crippen LogP contribution in [0.5, 0.6) is 0 Å². The standard InChI is InChI=1S/C12H13NO2S2/c13-8-10-4-1-2-5-11(10)9-17(14,15)12-6-3-7-16-12/h1-7H,8-9,13H2. The normalized spacial score (nSPS) is 11.6. The van der Waals surface area contributed by atoms with Gasteiger partial charge in [0.25, 0.3) is 0 Å². The average Bonchev–Trinajstić information content (AvgIpc) is 2.83. The van der Waals surface area contributed by atoms with E-state index in [9.17, 15) is 8.42 Å². The molecule has 2 aromatic rings. The highest BCUT2D eigenvalue weighted by Gasteiger charge is 2.17. The maximum atomic E-state index is 12.1. The van der Waals surface area contributed by atoms with Crippen molar-refractivity contribution in [2.75, 3.05) is 0 Å². The molecule has 0 unspecified atom stereocenters. The quantitative estimate of drug-likeness (QED) is 0.923. The molecule has 2 rings (SSSR count). The Labute approximate surface area is 105 Å². The Morgan fingerprint density at radius 3 is 2.35 bits per heavy atom. The first-order chi connectivity index (χ1) is 8.13. The third-order valence-corrected chi connectivity index (χ3v) is 5.64. The van der Waals surface area contributed by atoms with Crippen LogP contribution >= 0.6 is 11.3 Å². The van der Waals surface area contributed by atoms with Gasteiger partial charge in [-0.3, -0.25) is 0 Å². The first-order valence-electron chi connectivity index (χ1n) is 5.16. The highest BCUT2D eigenvalue weighted by Crippen LogP contribution is 2.22. The van der Waals surface area contributed by atoms with E-state index in [0.29, 0.717) is 10.8 Å². The third kappa shape index (κ3) is 2.74. The summed E-state index contributed by atoms with van der Waals surface area (Å²) in [4.78, 5) is 0.